The first kappa shape index (κ1) is 17.7. The van der Waals surface area contributed by atoms with Crippen LogP contribution in [0.3, 0.4) is 0 Å². The normalized spacial score (nSPS) is 15.4. The monoisotopic (exact) mass is 368 g/mol. The van der Waals surface area contributed by atoms with Gasteiger partial charge in [0.05, 0.1) is 11.4 Å². The zero-order valence-electron chi connectivity index (χ0n) is 13.5. The van der Waals surface area contributed by atoms with Crippen molar-refractivity contribution in [3.63, 3.8) is 0 Å². The first-order valence-electron chi connectivity index (χ1n) is 7.66. The van der Waals surface area contributed by atoms with E-state index in [1.165, 1.54) is 24.3 Å². The Labute approximate surface area is 153 Å². The maximum Gasteiger partial charge on any atom is 0.293 e. The average Bonchev–Trinajstić information content (AvgIpc) is 2.89. The van der Waals surface area contributed by atoms with Crippen LogP contribution in [0.2, 0.25) is 0 Å². The maximum absolute atomic E-state index is 13.0. The SMILES string of the molecule is N#CCOc1cccc(/C=C2\SC(=O)N(Cc3ccc(F)cc3)C2=O)c1. The van der Waals surface area contributed by atoms with Gasteiger partial charge in [-0.25, -0.2) is 4.39 Å². The van der Waals surface area contributed by atoms with Crippen LogP contribution >= 0.6 is 11.8 Å². The summed E-state index contributed by atoms with van der Waals surface area (Å²) in [5.74, 6) is -0.264. The fourth-order valence-electron chi connectivity index (χ4n) is 2.37. The summed E-state index contributed by atoms with van der Waals surface area (Å²) in [5, 5.41) is 8.18. The number of hydrogen-bond acceptors (Lipinski definition) is 5. The fourth-order valence-corrected chi connectivity index (χ4v) is 3.21. The number of rotatable bonds is 5. The fraction of sp³-hybridized carbons (Fsp3) is 0.105. The Morgan fingerprint density at radius 2 is 1.96 bits per heavy atom. The topological polar surface area (TPSA) is 70.4 Å². The molecule has 0 saturated carbocycles. The second kappa shape index (κ2) is 7.85. The van der Waals surface area contributed by atoms with Crippen LogP contribution in [0.4, 0.5) is 9.18 Å². The summed E-state index contributed by atoms with van der Waals surface area (Å²) in [6.07, 6.45) is 1.61. The van der Waals surface area contributed by atoms with Gasteiger partial charge in [-0.05, 0) is 53.2 Å². The number of carbonyl (C=O) groups excluding carboxylic acids is 2. The Kier molecular flexibility index (Phi) is 5.34. The Hall–Kier alpha value is -3.11. The molecule has 2 aromatic carbocycles. The van der Waals surface area contributed by atoms with Crippen molar-refractivity contribution in [3.05, 3.63) is 70.4 Å². The van der Waals surface area contributed by atoms with Gasteiger partial charge in [0.25, 0.3) is 11.1 Å². The molecule has 1 saturated heterocycles. The van der Waals surface area contributed by atoms with Gasteiger partial charge in [0.2, 0.25) is 0 Å². The van der Waals surface area contributed by atoms with Gasteiger partial charge in [-0.3, -0.25) is 14.5 Å². The number of hydrogen-bond donors (Lipinski definition) is 0. The summed E-state index contributed by atoms with van der Waals surface area (Å²) in [4.78, 5) is 26.1. The highest BCUT2D eigenvalue weighted by molar-refractivity contribution is 8.18. The minimum atomic E-state index is -0.396. The van der Waals surface area contributed by atoms with Crippen molar-refractivity contribution in [2.45, 2.75) is 6.54 Å². The van der Waals surface area contributed by atoms with Crippen molar-refractivity contribution in [2.24, 2.45) is 0 Å². The molecule has 0 spiro atoms. The van der Waals surface area contributed by atoms with E-state index in [0.29, 0.717) is 21.8 Å². The van der Waals surface area contributed by atoms with Crippen molar-refractivity contribution >= 4 is 29.0 Å². The standard InChI is InChI=1S/C19H13FN2O3S/c20-15-6-4-13(5-7-15)12-22-18(23)17(26-19(22)24)11-14-2-1-3-16(10-14)25-9-8-21/h1-7,10-11H,9,12H2/b17-11-. The summed E-state index contributed by atoms with van der Waals surface area (Å²) in [6, 6.07) is 14.4. The molecule has 0 atom stereocenters. The maximum atomic E-state index is 13.0. The average molecular weight is 368 g/mol. The molecule has 3 rings (SSSR count). The molecular formula is C19H13FN2O3S. The third-order valence-electron chi connectivity index (χ3n) is 3.59. The Morgan fingerprint density at radius 1 is 1.19 bits per heavy atom. The van der Waals surface area contributed by atoms with Crippen LogP contribution in [0.25, 0.3) is 6.08 Å². The number of ether oxygens (including phenoxy) is 1. The lowest BCUT2D eigenvalue weighted by Crippen LogP contribution is -2.27. The molecule has 130 valence electrons. The molecule has 0 aliphatic carbocycles. The number of imide groups is 1. The molecule has 1 aliphatic rings. The van der Waals surface area contributed by atoms with Gasteiger partial charge in [0, 0.05) is 0 Å². The van der Waals surface area contributed by atoms with E-state index < -0.39 is 5.91 Å². The Bertz CT molecular complexity index is 919. The van der Waals surface area contributed by atoms with Gasteiger partial charge < -0.3 is 4.74 Å². The van der Waals surface area contributed by atoms with Crippen LogP contribution in [0.1, 0.15) is 11.1 Å². The van der Waals surface area contributed by atoms with E-state index in [4.69, 9.17) is 10.00 Å². The van der Waals surface area contributed by atoms with Gasteiger partial charge in [0.15, 0.2) is 6.61 Å². The Balaban J connectivity index is 1.76. The van der Waals surface area contributed by atoms with Crippen molar-refractivity contribution in [1.82, 2.24) is 4.90 Å². The van der Waals surface area contributed by atoms with Crippen LogP contribution in [0.15, 0.2) is 53.4 Å². The van der Waals surface area contributed by atoms with E-state index in [9.17, 15) is 14.0 Å². The summed E-state index contributed by atoms with van der Waals surface area (Å²) in [5.41, 5.74) is 1.36. The highest BCUT2D eigenvalue weighted by Crippen LogP contribution is 2.33. The van der Waals surface area contributed by atoms with Gasteiger partial charge in [0.1, 0.15) is 17.6 Å². The molecule has 1 heterocycles. The first-order chi connectivity index (χ1) is 12.6. The van der Waals surface area contributed by atoms with Crippen LogP contribution < -0.4 is 4.74 Å². The van der Waals surface area contributed by atoms with Gasteiger partial charge in [-0.1, -0.05) is 24.3 Å². The smallest absolute Gasteiger partial charge is 0.293 e. The third kappa shape index (κ3) is 4.10. The summed E-state index contributed by atoms with van der Waals surface area (Å²) in [6.45, 7) is 0.0191. The number of nitriles is 1. The van der Waals surface area contributed by atoms with Gasteiger partial charge in [-0.2, -0.15) is 5.26 Å². The molecule has 2 aromatic rings. The van der Waals surface area contributed by atoms with Crippen LogP contribution in [0, 0.1) is 17.1 Å². The second-order valence-corrected chi connectivity index (χ2v) is 6.41. The summed E-state index contributed by atoms with van der Waals surface area (Å²) in [7, 11) is 0. The minimum absolute atomic E-state index is 0.0718. The third-order valence-corrected chi connectivity index (χ3v) is 4.49. The predicted molar refractivity (Wildman–Crippen MR) is 95.5 cm³/mol. The summed E-state index contributed by atoms with van der Waals surface area (Å²) < 4.78 is 18.2. The number of carbonyl (C=O) groups is 2. The molecule has 0 bridgehead atoms. The van der Waals surface area contributed by atoms with E-state index in [-0.39, 0.29) is 24.2 Å². The molecule has 0 unspecified atom stereocenters. The second-order valence-electron chi connectivity index (χ2n) is 5.41. The molecule has 0 aromatic heterocycles. The van der Waals surface area contributed by atoms with E-state index >= 15 is 0 Å². The van der Waals surface area contributed by atoms with E-state index in [0.717, 1.165) is 16.7 Å². The van der Waals surface area contributed by atoms with Crippen molar-refractivity contribution in [1.29, 1.82) is 5.26 Å². The first-order valence-corrected chi connectivity index (χ1v) is 8.48. The highest BCUT2D eigenvalue weighted by Gasteiger charge is 2.34. The lowest BCUT2D eigenvalue weighted by Gasteiger charge is -2.12. The molecule has 0 radical (unpaired) electrons. The zero-order valence-corrected chi connectivity index (χ0v) is 14.3. The van der Waals surface area contributed by atoms with Crippen molar-refractivity contribution in [2.75, 3.05) is 6.61 Å². The molecule has 1 aliphatic heterocycles. The van der Waals surface area contributed by atoms with Crippen LogP contribution in [-0.2, 0) is 11.3 Å². The number of benzene rings is 2. The number of amides is 2. The molecule has 7 heteroatoms. The van der Waals surface area contributed by atoms with Crippen molar-refractivity contribution < 1.29 is 18.7 Å². The molecular weight excluding hydrogens is 355 g/mol. The van der Waals surface area contributed by atoms with E-state index in [1.807, 2.05) is 6.07 Å². The molecule has 2 amide bonds. The largest absolute Gasteiger partial charge is 0.479 e. The predicted octanol–water partition coefficient (Wildman–Crippen LogP) is 3.96. The van der Waals surface area contributed by atoms with Crippen molar-refractivity contribution in [3.8, 4) is 11.8 Å². The molecule has 5 nitrogen and oxygen atoms in total. The lowest BCUT2D eigenvalue weighted by molar-refractivity contribution is -0.123. The number of thioether (sulfide) groups is 1. The van der Waals surface area contributed by atoms with Crippen LogP contribution in [-0.4, -0.2) is 22.7 Å². The molecule has 26 heavy (non-hydrogen) atoms. The van der Waals surface area contributed by atoms with Crippen LogP contribution in [0.5, 0.6) is 5.75 Å². The molecule has 1 fully saturated rings. The molecule has 0 N–H and O–H groups in total. The van der Waals surface area contributed by atoms with Gasteiger partial charge >= 0.3 is 0 Å². The van der Waals surface area contributed by atoms with Gasteiger partial charge in [-0.15, -0.1) is 0 Å². The number of halogens is 1. The Morgan fingerprint density at radius 3 is 2.69 bits per heavy atom. The lowest BCUT2D eigenvalue weighted by atomic mass is 10.2. The number of nitrogens with zero attached hydrogens (tertiary/aromatic N) is 2. The van der Waals surface area contributed by atoms with E-state index in [1.54, 1.807) is 30.3 Å². The summed E-state index contributed by atoms with van der Waals surface area (Å²) >= 11 is 0.854. The minimum Gasteiger partial charge on any atom is -0.479 e. The quantitative estimate of drug-likeness (QED) is 0.747. The van der Waals surface area contributed by atoms with E-state index in [2.05, 4.69) is 0 Å². The zero-order chi connectivity index (χ0) is 18.5. The highest BCUT2D eigenvalue weighted by atomic mass is 32.2.